The predicted molar refractivity (Wildman–Crippen MR) is 123 cm³/mol. The second-order valence-electron chi connectivity index (χ2n) is 8.03. The molecule has 1 fully saturated rings. The number of alkyl halides is 3. The van der Waals surface area contributed by atoms with Gasteiger partial charge in [-0.15, -0.1) is 0 Å². The van der Waals surface area contributed by atoms with Gasteiger partial charge in [0.15, 0.2) is 0 Å². The average molecular weight is 463 g/mol. The molecule has 3 rings (SSSR count). The van der Waals surface area contributed by atoms with Crippen molar-refractivity contribution >= 4 is 29.0 Å². The van der Waals surface area contributed by atoms with Crippen molar-refractivity contribution < 1.29 is 22.8 Å². The van der Waals surface area contributed by atoms with Gasteiger partial charge >= 0.3 is 12.2 Å². The molecule has 0 aliphatic carbocycles. The number of halogens is 3. The van der Waals surface area contributed by atoms with Crippen molar-refractivity contribution in [2.75, 3.05) is 41.7 Å². The molecule has 6 nitrogen and oxygen atoms in total. The number of amides is 3. The first-order chi connectivity index (χ1) is 15.8. The van der Waals surface area contributed by atoms with E-state index in [1.165, 1.54) is 12.1 Å². The van der Waals surface area contributed by atoms with Gasteiger partial charge in [0, 0.05) is 49.7 Å². The van der Waals surface area contributed by atoms with Crippen LogP contribution in [0, 0.1) is 0 Å². The zero-order valence-electron chi connectivity index (χ0n) is 18.6. The van der Waals surface area contributed by atoms with E-state index in [1.807, 2.05) is 17.0 Å². The maximum atomic E-state index is 12.6. The lowest BCUT2D eigenvalue weighted by atomic mass is 10.1. The third-order valence-corrected chi connectivity index (χ3v) is 5.59. The molecule has 2 aromatic rings. The number of hydrogen-bond acceptors (Lipinski definition) is 3. The van der Waals surface area contributed by atoms with Crippen molar-refractivity contribution in [3.8, 4) is 0 Å². The Morgan fingerprint density at radius 1 is 0.848 bits per heavy atom. The minimum absolute atomic E-state index is 0.224. The quantitative estimate of drug-likeness (QED) is 0.528. The molecule has 0 unspecified atom stereocenters. The second-order valence-corrected chi connectivity index (χ2v) is 8.03. The number of carbonyl (C=O) groups excluding carboxylic acids is 2. The minimum Gasteiger partial charge on any atom is -0.368 e. The standard InChI is InChI=1S/C24H29F3N4O2/c1-2-3-4-5-22(32)31-16-14-30(15-17-31)21-12-10-20(11-13-21)29-23(33)28-19-8-6-18(7-9-19)24(25,26)27/h6-13H,2-5,14-17H2,1H3,(H2,28,29,33). The first-order valence-corrected chi connectivity index (χ1v) is 11.1. The lowest BCUT2D eigenvalue weighted by Gasteiger charge is -2.36. The van der Waals surface area contributed by atoms with Gasteiger partial charge in [-0.1, -0.05) is 19.8 Å². The summed E-state index contributed by atoms with van der Waals surface area (Å²) in [5.41, 5.74) is 1.06. The van der Waals surface area contributed by atoms with E-state index in [2.05, 4.69) is 22.5 Å². The van der Waals surface area contributed by atoms with Crippen molar-refractivity contribution in [3.63, 3.8) is 0 Å². The van der Waals surface area contributed by atoms with Crippen molar-refractivity contribution in [1.29, 1.82) is 0 Å². The van der Waals surface area contributed by atoms with E-state index >= 15 is 0 Å². The van der Waals surface area contributed by atoms with E-state index in [0.29, 0.717) is 25.2 Å². The number of anilines is 3. The van der Waals surface area contributed by atoms with Gasteiger partial charge in [0.1, 0.15) is 0 Å². The van der Waals surface area contributed by atoms with E-state index in [1.54, 1.807) is 12.1 Å². The molecule has 1 saturated heterocycles. The number of nitrogens with zero attached hydrogens (tertiary/aromatic N) is 2. The van der Waals surface area contributed by atoms with Crippen LogP contribution in [0.1, 0.15) is 38.2 Å². The highest BCUT2D eigenvalue weighted by atomic mass is 19.4. The van der Waals surface area contributed by atoms with Crippen molar-refractivity contribution in [3.05, 3.63) is 54.1 Å². The van der Waals surface area contributed by atoms with Crippen LogP contribution in [0.4, 0.5) is 35.0 Å². The normalized spacial score (nSPS) is 14.2. The van der Waals surface area contributed by atoms with Crippen LogP contribution in [-0.2, 0) is 11.0 Å². The molecule has 0 aromatic heterocycles. The monoisotopic (exact) mass is 462 g/mol. The third kappa shape index (κ3) is 7.13. The van der Waals surface area contributed by atoms with Crippen LogP contribution >= 0.6 is 0 Å². The first kappa shape index (κ1) is 24.4. The molecule has 9 heteroatoms. The summed E-state index contributed by atoms with van der Waals surface area (Å²) >= 11 is 0. The third-order valence-electron chi connectivity index (χ3n) is 5.59. The Labute approximate surface area is 191 Å². The lowest BCUT2D eigenvalue weighted by Crippen LogP contribution is -2.48. The molecule has 1 aliphatic heterocycles. The number of carbonyl (C=O) groups is 2. The van der Waals surface area contributed by atoms with Crippen LogP contribution < -0.4 is 15.5 Å². The number of urea groups is 1. The van der Waals surface area contributed by atoms with E-state index < -0.39 is 17.8 Å². The Morgan fingerprint density at radius 2 is 1.39 bits per heavy atom. The number of unbranched alkanes of at least 4 members (excludes halogenated alkanes) is 2. The molecule has 0 bridgehead atoms. The summed E-state index contributed by atoms with van der Waals surface area (Å²) in [5, 5.41) is 5.18. The van der Waals surface area contributed by atoms with E-state index in [0.717, 1.165) is 50.2 Å². The summed E-state index contributed by atoms with van der Waals surface area (Å²) in [5.74, 6) is 0.224. The molecule has 0 saturated carbocycles. The van der Waals surface area contributed by atoms with Crippen LogP contribution in [0.5, 0.6) is 0 Å². The topological polar surface area (TPSA) is 64.7 Å². The zero-order chi connectivity index (χ0) is 23.8. The number of hydrogen-bond donors (Lipinski definition) is 2. The molecular weight excluding hydrogens is 433 g/mol. The highest BCUT2D eigenvalue weighted by Gasteiger charge is 2.30. The maximum absolute atomic E-state index is 12.6. The van der Waals surface area contributed by atoms with Crippen molar-refractivity contribution in [2.24, 2.45) is 0 Å². The summed E-state index contributed by atoms with van der Waals surface area (Å²) < 4.78 is 37.9. The number of nitrogens with one attached hydrogen (secondary N) is 2. The van der Waals surface area contributed by atoms with Crippen LogP contribution in [0.3, 0.4) is 0 Å². The molecule has 0 atom stereocenters. The Bertz CT molecular complexity index is 922. The van der Waals surface area contributed by atoms with Crippen molar-refractivity contribution in [2.45, 2.75) is 38.8 Å². The molecule has 0 radical (unpaired) electrons. The summed E-state index contributed by atoms with van der Waals surface area (Å²) in [7, 11) is 0. The zero-order valence-corrected chi connectivity index (χ0v) is 18.6. The van der Waals surface area contributed by atoms with Crippen LogP contribution in [0.15, 0.2) is 48.5 Å². The largest absolute Gasteiger partial charge is 0.416 e. The minimum atomic E-state index is -4.42. The predicted octanol–water partition coefficient (Wildman–Crippen LogP) is 5.58. The van der Waals surface area contributed by atoms with Gasteiger partial charge in [-0.2, -0.15) is 13.2 Å². The Hall–Kier alpha value is -3.23. The smallest absolute Gasteiger partial charge is 0.368 e. The average Bonchev–Trinajstić information content (AvgIpc) is 2.79. The molecule has 2 aromatic carbocycles. The van der Waals surface area contributed by atoms with Gasteiger partial charge in [0.25, 0.3) is 0 Å². The van der Waals surface area contributed by atoms with Gasteiger partial charge < -0.3 is 20.4 Å². The number of benzene rings is 2. The van der Waals surface area contributed by atoms with Crippen LogP contribution in [0.25, 0.3) is 0 Å². The van der Waals surface area contributed by atoms with E-state index in [4.69, 9.17) is 0 Å². The molecule has 3 amide bonds. The molecule has 33 heavy (non-hydrogen) atoms. The summed E-state index contributed by atoms with van der Waals surface area (Å²) in [6.07, 6.45) is -0.685. The van der Waals surface area contributed by atoms with Gasteiger partial charge in [-0.25, -0.2) is 4.79 Å². The fourth-order valence-electron chi connectivity index (χ4n) is 3.69. The SMILES string of the molecule is CCCCCC(=O)N1CCN(c2ccc(NC(=O)Nc3ccc(C(F)(F)F)cc3)cc2)CC1. The van der Waals surface area contributed by atoms with Crippen LogP contribution in [0.2, 0.25) is 0 Å². The van der Waals surface area contributed by atoms with Crippen molar-refractivity contribution in [1.82, 2.24) is 4.90 Å². The fourth-order valence-corrected chi connectivity index (χ4v) is 3.69. The molecule has 1 aliphatic rings. The van der Waals surface area contributed by atoms with Gasteiger partial charge in [-0.3, -0.25) is 4.79 Å². The Balaban J connectivity index is 1.46. The van der Waals surface area contributed by atoms with Gasteiger partial charge in [0.2, 0.25) is 5.91 Å². The van der Waals surface area contributed by atoms with E-state index in [9.17, 15) is 22.8 Å². The number of rotatable bonds is 7. The molecular formula is C24H29F3N4O2. The van der Waals surface area contributed by atoms with Gasteiger partial charge in [0.05, 0.1) is 5.56 Å². The first-order valence-electron chi connectivity index (χ1n) is 11.1. The highest BCUT2D eigenvalue weighted by Crippen LogP contribution is 2.30. The van der Waals surface area contributed by atoms with Crippen LogP contribution in [-0.4, -0.2) is 43.0 Å². The number of piperazine rings is 1. The lowest BCUT2D eigenvalue weighted by molar-refractivity contribution is -0.137. The summed E-state index contributed by atoms with van der Waals surface area (Å²) in [4.78, 5) is 28.5. The fraction of sp³-hybridized carbons (Fsp3) is 0.417. The summed E-state index contributed by atoms with van der Waals surface area (Å²) in [6.45, 7) is 5.01. The molecule has 2 N–H and O–H groups in total. The highest BCUT2D eigenvalue weighted by molar-refractivity contribution is 5.99. The summed E-state index contributed by atoms with van der Waals surface area (Å²) in [6, 6.07) is 11.0. The van der Waals surface area contributed by atoms with Gasteiger partial charge in [-0.05, 0) is 55.0 Å². The Morgan fingerprint density at radius 3 is 1.91 bits per heavy atom. The molecule has 1 heterocycles. The maximum Gasteiger partial charge on any atom is 0.416 e. The molecule has 0 spiro atoms. The molecule has 178 valence electrons. The Kier molecular flexibility index (Phi) is 8.19. The second kappa shape index (κ2) is 11.1. The van der Waals surface area contributed by atoms with E-state index in [-0.39, 0.29) is 11.6 Å².